The molecule has 5 nitrogen and oxygen atoms in total. The second kappa shape index (κ2) is 2.26. The van der Waals surface area contributed by atoms with Gasteiger partial charge < -0.3 is 10.1 Å². The van der Waals surface area contributed by atoms with E-state index in [1.54, 1.807) is 0 Å². The number of rotatable bonds is 1. The Hall–Kier alpha value is -1.10. The number of nitrogens with zero attached hydrogens (tertiary/aromatic N) is 3. The van der Waals surface area contributed by atoms with E-state index in [4.69, 9.17) is 11.6 Å². The molecule has 1 rings (SSSR count). The van der Waals surface area contributed by atoms with Gasteiger partial charge in [0.25, 0.3) is 0 Å². The molecule has 0 aliphatic heterocycles. The summed E-state index contributed by atoms with van der Waals surface area (Å²) in [7, 11) is 1.51. The van der Waals surface area contributed by atoms with Gasteiger partial charge in [0.05, 0.1) is 7.05 Å². The van der Waals surface area contributed by atoms with Gasteiger partial charge in [0.1, 0.15) is 0 Å². The molecule has 1 aromatic heterocycles. The lowest BCUT2D eigenvalue weighted by atomic mass is 10.7. The van der Waals surface area contributed by atoms with E-state index in [9.17, 15) is 10.1 Å². The van der Waals surface area contributed by atoms with Gasteiger partial charge in [-0.3, -0.25) is 0 Å². The van der Waals surface area contributed by atoms with Crippen LogP contribution in [0.1, 0.15) is 0 Å². The molecule has 0 radical (unpaired) electrons. The minimum absolute atomic E-state index is 0.0764. The van der Waals surface area contributed by atoms with E-state index in [0.29, 0.717) is 0 Å². The maximum atomic E-state index is 10.2. The lowest BCUT2D eigenvalue weighted by Crippen LogP contribution is -1.95. The Kier molecular flexibility index (Phi) is 1.58. The summed E-state index contributed by atoms with van der Waals surface area (Å²) in [4.78, 5) is 13.1. The Bertz CT molecular complexity index is 250. The van der Waals surface area contributed by atoms with E-state index in [1.165, 1.54) is 17.9 Å². The van der Waals surface area contributed by atoms with Crippen LogP contribution in [-0.4, -0.2) is 14.5 Å². The molecule has 1 aromatic rings. The number of hydrogen-bond donors (Lipinski definition) is 0. The lowest BCUT2D eigenvalue weighted by Gasteiger charge is -1.91. The Balaban J connectivity index is 3.23. The monoisotopic (exact) mass is 161 g/mol. The molecule has 0 N–H and O–H groups in total. The highest BCUT2D eigenvalue weighted by Gasteiger charge is 2.16. The van der Waals surface area contributed by atoms with Crippen molar-refractivity contribution in [3.63, 3.8) is 0 Å². The van der Waals surface area contributed by atoms with Crippen LogP contribution in [0.2, 0.25) is 5.15 Å². The van der Waals surface area contributed by atoms with Crippen molar-refractivity contribution in [2.45, 2.75) is 0 Å². The normalized spacial score (nSPS) is 9.80. The fourth-order valence-corrected chi connectivity index (χ4v) is 0.845. The quantitative estimate of drug-likeness (QED) is 0.456. The van der Waals surface area contributed by atoms with Crippen LogP contribution in [0.25, 0.3) is 0 Å². The summed E-state index contributed by atoms with van der Waals surface area (Å²) in [5.74, 6) is -0.179. The first-order valence-electron chi connectivity index (χ1n) is 2.44. The van der Waals surface area contributed by atoms with Crippen molar-refractivity contribution in [2.75, 3.05) is 0 Å². The number of nitro groups is 1. The highest BCUT2D eigenvalue weighted by atomic mass is 35.5. The first kappa shape index (κ1) is 7.01. The Labute approximate surface area is 61.4 Å². The van der Waals surface area contributed by atoms with Crippen LogP contribution in [0.4, 0.5) is 5.82 Å². The summed E-state index contributed by atoms with van der Waals surface area (Å²) in [5.41, 5.74) is 0. The molecule has 0 spiro atoms. The first-order valence-corrected chi connectivity index (χ1v) is 2.82. The summed E-state index contributed by atoms with van der Waals surface area (Å²) in [6, 6.07) is 0. The van der Waals surface area contributed by atoms with Crippen LogP contribution in [0.3, 0.4) is 0 Å². The first-order chi connectivity index (χ1) is 4.63. The predicted molar refractivity (Wildman–Crippen MR) is 34.9 cm³/mol. The molecule has 0 saturated heterocycles. The smallest absolute Gasteiger partial charge is 0.358 e. The molecule has 0 fully saturated rings. The van der Waals surface area contributed by atoms with Gasteiger partial charge in [-0.25, -0.2) is 4.57 Å². The van der Waals surface area contributed by atoms with E-state index in [1.807, 2.05) is 0 Å². The van der Waals surface area contributed by atoms with Crippen LogP contribution in [0.15, 0.2) is 6.33 Å². The summed E-state index contributed by atoms with van der Waals surface area (Å²) in [6.45, 7) is 0. The van der Waals surface area contributed by atoms with Crippen molar-refractivity contribution in [3.8, 4) is 0 Å². The second-order valence-electron chi connectivity index (χ2n) is 1.73. The minimum atomic E-state index is -0.574. The van der Waals surface area contributed by atoms with E-state index in [2.05, 4.69) is 4.98 Å². The lowest BCUT2D eigenvalue weighted by molar-refractivity contribution is -0.391. The van der Waals surface area contributed by atoms with Gasteiger partial charge in [-0.05, 0) is 4.92 Å². The van der Waals surface area contributed by atoms with Crippen LogP contribution in [0.5, 0.6) is 0 Å². The maximum absolute atomic E-state index is 10.2. The molecule has 10 heavy (non-hydrogen) atoms. The van der Waals surface area contributed by atoms with Crippen LogP contribution >= 0.6 is 11.6 Å². The zero-order valence-electron chi connectivity index (χ0n) is 5.11. The summed E-state index contributed by atoms with van der Waals surface area (Å²) in [5, 5.41) is 10.1. The van der Waals surface area contributed by atoms with E-state index < -0.39 is 4.92 Å². The van der Waals surface area contributed by atoms with Gasteiger partial charge in [0.15, 0.2) is 6.33 Å². The van der Waals surface area contributed by atoms with Crippen molar-refractivity contribution in [1.82, 2.24) is 9.55 Å². The third-order valence-corrected chi connectivity index (χ3v) is 1.30. The number of imidazole rings is 1. The summed E-state index contributed by atoms with van der Waals surface area (Å²) in [6.07, 6.45) is 1.29. The highest BCUT2D eigenvalue weighted by molar-refractivity contribution is 6.31. The summed E-state index contributed by atoms with van der Waals surface area (Å²) < 4.78 is 1.25. The fourth-order valence-electron chi connectivity index (χ4n) is 0.599. The molecule has 0 saturated carbocycles. The molecular formula is C4H4ClN3O2. The molecule has 6 heteroatoms. The number of aromatic nitrogens is 2. The SMILES string of the molecule is Cn1cnc(Cl)c1[N+](=O)[O-]. The number of aryl methyl sites for hydroxylation is 1. The largest absolute Gasteiger partial charge is 0.361 e. The predicted octanol–water partition coefficient (Wildman–Crippen LogP) is 0.982. The average molecular weight is 162 g/mol. The Morgan fingerprint density at radius 2 is 2.50 bits per heavy atom. The Morgan fingerprint density at radius 3 is 2.70 bits per heavy atom. The van der Waals surface area contributed by atoms with Gasteiger partial charge in [-0.15, -0.1) is 0 Å². The standard InChI is InChI=1S/C4H4ClN3O2/c1-7-2-6-3(5)4(7)8(9)10/h2H,1H3. The molecule has 0 bridgehead atoms. The molecule has 0 amide bonds. The minimum Gasteiger partial charge on any atom is -0.358 e. The molecule has 0 aromatic carbocycles. The van der Waals surface area contributed by atoms with E-state index >= 15 is 0 Å². The molecule has 54 valence electrons. The van der Waals surface area contributed by atoms with Crippen LogP contribution in [-0.2, 0) is 7.05 Å². The van der Waals surface area contributed by atoms with Crippen molar-refractivity contribution in [3.05, 3.63) is 21.6 Å². The highest BCUT2D eigenvalue weighted by Crippen LogP contribution is 2.20. The van der Waals surface area contributed by atoms with Crippen molar-refractivity contribution in [2.24, 2.45) is 7.05 Å². The van der Waals surface area contributed by atoms with Crippen molar-refractivity contribution in [1.29, 1.82) is 0 Å². The molecule has 0 aliphatic rings. The second-order valence-corrected chi connectivity index (χ2v) is 2.09. The molecule has 0 aliphatic carbocycles. The topological polar surface area (TPSA) is 61.0 Å². The van der Waals surface area contributed by atoms with Gasteiger partial charge in [-0.2, -0.15) is 4.98 Å². The fraction of sp³-hybridized carbons (Fsp3) is 0.250. The zero-order chi connectivity index (χ0) is 7.72. The van der Waals surface area contributed by atoms with Gasteiger partial charge >= 0.3 is 5.82 Å². The van der Waals surface area contributed by atoms with Crippen molar-refractivity contribution < 1.29 is 4.92 Å². The zero-order valence-corrected chi connectivity index (χ0v) is 5.87. The van der Waals surface area contributed by atoms with E-state index in [0.717, 1.165) is 0 Å². The van der Waals surface area contributed by atoms with E-state index in [-0.39, 0.29) is 11.0 Å². The number of halogens is 1. The average Bonchev–Trinajstić information content (AvgIpc) is 2.11. The summed E-state index contributed by atoms with van der Waals surface area (Å²) >= 11 is 5.37. The Morgan fingerprint density at radius 1 is 1.90 bits per heavy atom. The van der Waals surface area contributed by atoms with Gasteiger partial charge in [0, 0.05) is 0 Å². The third kappa shape index (κ3) is 0.950. The van der Waals surface area contributed by atoms with Gasteiger partial charge in [-0.1, -0.05) is 11.6 Å². The van der Waals surface area contributed by atoms with Crippen molar-refractivity contribution >= 4 is 17.4 Å². The van der Waals surface area contributed by atoms with Gasteiger partial charge in [0.2, 0.25) is 5.15 Å². The van der Waals surface area contributed by atoms with Crippen LogP contribution in [0, 0.1) is 10.1 Å². The molecule has 0 unspecified atom stereocenters. The third-order valence-electron chi connectivity index (χ3n) is 1.04. The molecule has 0 atom stereocenters. The molecule has 1 heterocycles. The van der Waals surface area contributed by atoms with Crippen LogP contribution < -0.4 is 0 Å². The molecular weight excluding hydrogens is 158 g/mol. The number of hydrogen-bond acceptors (Lipinski definition) is 3. The maximum Gasteiger partial charge on any atom is 0.361 e.